The Morgan fingerprint density at radius 2 is 1.83 bits per heavy atom. The number of aryl methyl sites for hydroxylation is 1. The quantitative estimate of drug-likeness (QED) is 0.530. The van der Waals surface area contributed by atoms with Gasteiger partial charge >= 0.3 is 0 Å². The van der Waals surface area contributed by atoms with Crippen LogP contribution in [0.3, 0.4) is 0 Å². The molecule has 0 amide bonds. The number of benzene rings is 2. The number of aromatic nitrogens is 4. The van der Waals surface area contributed by atoms with Crippen molar-refractivity contribution in [2.45, 2.75) is 19.9 Å². The van der Waals surface area contributed by atoms with Gasteiger partial charge in [-0.05, 0) is 37.6 Å². The average Bonchev–Trinajstić information content (AvgIpc) is 3.27. The van der Waals surface area contributed by atoms with E-state index in [1.165, 1.54) is 0 Å². The first-order valence-electron chi connectivity index (χ1n) is 9.34. The minimum Gasteiger partial charge on any atom is -0.493 e. The highest BCUT2D eigenvalue weighted by molar-refractivity contribution is 5.92. The van der Waals surface area contributed by atoms with Crippen LogP contribution < -0.4 is 14.8 Å². The van der Waals surface area contributed by atoms with Gasteiger partial charge in [0.1, 0.15) is 11.6 Å². The van der Waals surface area contributed by atoms with E-state index < -0.39 is 0 Å². The molecule has 0 radical (unpaired) electrons. The molecule has 0 aliphatic carbocycles. The number of rotatable bonds is 6. The predicted molar refractivity (Wildman–Crippen MR) is 113 cm³/mol. The van der Waals surface area contributed by atoms with Gasteiger partial charge in [-0.3, -0.25) is 0 Å². The molecule has 1 atom stereocenters. The van der Waals surface area contributed by atoms with Crippen molar-refractivity contribution in [3.05, 3.63) is 66.5 Å². The summed E-state index contributed by atoms with van der Waals surface area (Å²) in [6.45, 7) is 3.99. The molecule has 1 unspecified atom stereocenters. The number of nitrogens with zero attached hydrogens (tertiary/aromatic N) is 4. The number of hydrogen-bond donors (Lipinski definition) is 1. The van der Waals surface area contributed by atoms with Crippen LogP contribution in [0, 0.1) is 6.92 Å². The van der Waals surface area contributed by atoms with Crippen LogP contribution in [0.5, 0.6) is 11.5 Å². The summed E-state index contributed by atoms with van der Waals surface area (Å²) in [7, 11) is 3.24. The third-order valence-corrected chi connectivity index (χ3v) is 4.84. The first-order valence-corrected chi connectivity index (χ1v) is 9.34. The Morgan fingerprint density at radius 3 is 2.55 bits per heavy atom. The third-order valence-electron chi connectivity index (χ3n) is 4.84. The van der Waals surface area contributed by atoms with Crippen LogP contribution in [0.2, 0.25) is 0 Å². The van der Waals surface area contributed by atoms with Gasteiger partial charge in [0, 0.05) is 29.5 Å². The lowest BCUT2D eigenvalue weighted by molar-refractivity contribution is 0.356. The molecule has 0 fully saturated rings. The molecule has 1 N–H and O–H groups in total. The summed E-state index contributed by atoms with van der Waals surface area (Å²) in [4.78, 5) is 13.3. The molecule has 29 heavy (non-hydrogen) atoms. The normalized spacial score (nSPS) is 12.0. The Balaban J connectivity index is 1.71. The number of imidazole rings is 1. The van der Waals surface area contributed by atoms with Crippen molar-refractivity contribution in [1.29, 1.82) is 0 Å². The van der Waals surface area contributed by atoms with E-state index in [9.17, 15) is 0 Å². The van der Waals surface area contributed by atoms with Crippen molar-refractivity contribution >= 4 is 16.7 Å². The van der Waals surface area contributed by atoms with Crippen LogP contribution in [0.1, 0.15) is 24.4 Å². The van der Waals surface area contributed by atoms with E-state index in [1.54, 1.807) is 26.7 Å². The zero-order chi connectivity index (χ0) is 20.4. The smallest absolute Gasteiger partial charge is 0.162 e. The molecule has 0 saturated carbocycles. The molecule has 7 nitrogen and oxygen atoms in total. The van der Waals surface area contributed by atoms with Crippen LogP contribution in [0.4, 0.5) is 5.82 Å². The Labute approximate surface area is 169 Å². The van der Waals surface area contributed by atoms with E-state index in [0.717, 1.165) is 28.0 Å². The summed E-state index contributed by atoms with van der Waals surface area (Å²) < 4.78 is 12.9. The van der Waals surface area contributed by atoms with Gasteiger partial charge in [0.25, 0.3) is 0 Å². The summed E-state index contributed by atoms with van der Waals surface area (Å²) in [5.74, 6) is 2.73. The molecule has 0 saturated heterocycles. The molecule has 0 aliphatic heterocycles. The molecule has 2 aromatic heterocycles. The van der Waals surface area contributed by atoms with E-state index in [1.807, 2.05) is 35.9 Å². The second kappa shape index (κ2) is 7.79. The fourth-order valence-electron chi connectivity index (χ4n) is 3.34. The van der Waals surface area contributed by atoms with Gasteiger partial charge in [-0.25, -0.2) is 15.0 Å². The Hall–Kier alpha value is -3.61. The fourth-order valence-corrected chi connectivity index (χ4v) is 3.34. The molecule has 4 rings (SSSR count). The monoisotopic (exact) mass is 389 g/mol. The van der Waals surface area contributed by atoms with E-state index in [2.05, 4.69) is 45.4 Å². The van der Waals surface area contributed by atoms with Gasteiger partial charge in [0.2, 0.25) is 0 Å². The number of ether oxygens (including phenoxy) is 2. The third kappa shape index (κ3) is 3.71. The van der Waals surface area contributed by atoms with E-state index in [0.29, 0.717) is 17.3 Å². The summed E-state index contributed by atoms with van der Waals surface area (Å²) in [5, 5.41) is 4.41. The van der Waals surface area contributed by atoms with Crippen molar-refractivity contribution in [3.8, 4) is 17.2 Å². The number of nitrogens with one attached hydrogen (secondary N) is 1. The lowest BCUT2D eigenvalue weighted by Crippen LogP contribution is -2.10. The fraction of sp³-hybridized carbons (Fsp3) is 0.227. The lowest BCUT2D eigenvalue weighted by atomic mass is 10.1. The Kier molecular flexibility index (Phi) is 5.03. The van der Waals surface area contributed by atoms with Gasteiger partial charge in [-0.2, -0.15) is 0 Å². The van der Waals surface area contributed by atoms with Crippen molar-refractivity contribution < 1.29 is 9.47 Å². The molecule has 0 bridgehead atoms. The minimum atomic E-state index is 0.0315. The number of anilines is 1. The molecular weight excluding hydrogens is 366 g/mol. The molecule has 2 heterocycles. The van der Waals surface area contributed by atoms with Crippen LogP contribution in [0.15, 0.2) is 55.1 Å². The number of methoxy groups -OCH3 is 2. The molecular formula is C22H23N5O2. The van der Waals surface area contributed by atoms with E-state index >= 15 is 0 Å². The Morgan fingerprint density at radius 1 is 1.03 bits per heavy atom. The largest absolute Gasteiger partial charge is 0.493 e. The lowest BCUT2D eigenvalue weighted by Gasteiger charge is -2.18. The van der Waals surface area contributed by atoms with Crippen molar-refractivity contribution in [2.24, 2.45) is 0 Å². The first-order chi connectivity index (χ1) is 14.1. The molecule has 0 spiro atoms. The standard InChI is InChI=1S/C22H23N5O2/c1-14(16-6-5-7-17(10-16)27-9-8-23-13-27)24-22-18-11-20(28-3)21(29-4)12-19(18)25-15(2)26-22/h5-14H,1-4H3,(H,24,25,26). The topological polar surface area (TPSA) is 74.1 Å². The second-order valence-electron chi connectivity index (χ2n) is 6.77. The number of hydrogen-bond acceptors (Lipinski definition) is 6. The van der Waals surface area contributed by atoms with Gasteiger partial charge in [0.05, 0.1) is 32.1 Å². The Bertz CT molecular complexity index is 1140. The molecule has 4 aromatic rings. The van der Waals surface area contributed by atoms with Gasteiger partial charge in [0.15, 0.2) is 11.5 Å². The molecule has 2 aromatic carbocycles. The van der Waals surface area contributed by atoms with Crippen LogP contribution >= 0.6 is 0 Å². The van der Waals surface area contributed by atoms with Crippen molar-refractivity contribution in [3.63, 3.8) is 0 Å². The van der Waals surface area contributed by atoms with Crippen molar-refractivity contribution in [1.82, 2.24) is 19.5 Å². The zero-order valence-electron chi connectivity index (χ0n) is 16.9. The highest BCUT2D eigenvalue weighted by Crippen LogP contribution is 2.35. The van der Waals surface area contributed by atoms with Crippen molar-refractivity contribution in [2.75, 3.05) is 19.5 Å². The summed E-state index contributed by atoms with van der Waals surface area (Å²) in [6, 6.07) is 12.1. The maximum Gasteiger partial charge on any atom is 0.162 e. The van der Waals surface area contributed by atoms with Gasteiger partial charge in [-0.1, -0.05) is 12.1 Å². The van der Waals surface area contributed by atoms with Crippen LogP contribution in [-0.4, -0.2) is 33.7 Å². The summed E-state index contributed by atoms with van der Waals surface area (Å²) in [6.07, 6.45) is 5.49. The van der Waals surface area contributed by atoms with E-state index in [-0.39, 0.29) is 6.04 Å². The average molecular weight is 389 g/mol. The van der Waals surface area contributed by atoms with E-state index in [4.69, 9.17) is 9.47 Å². The zero-order valence-corrected chi connectivity index (χ0v) is 16.9. The molecule has 0 aliphatic rings. The molecule has 7 heteroatoms. The maximum absolute atomic E-state index is 5.46. The number of fused-ring (bicyclic) bond motifs is 1. The predicted octanol–water partition coefficient (Wildman–Crippen LogP) is 4.31. The SMILES string of the molecule is COc1cc2nc(C)nc(NC(C)c3cccc(-n4ccnc4)c3)c2cc1OC. The minimum absolute atomic E-state index is 0.0315. The first kappa shape index (κ1) is 18.7. The summed E-state index contributed by atoms with van der Waals surface area (Å²) in [5.41, 5.74) is 3.00. The van der Waals surface area contributed by atoms with Crippen LogP contribution in [0.25, 0.3) is 16.6 Å². The van der Waals surface area contributed by atoms with Gasteiger partial charge < -0.3 is 19.4 Å². The van der Waals surface area contributed by atoms with Gasteiger partial charge in [-0.15, -0.1) is 0 Å². The maximum atomic E-state index is 5.46. The molecule has 148 valence electrons. The van der Waals surface area contributed by atoms with Crippen LogP contribution in [-0.2, 0) is 0 Å². The highest BCUT2D eigenvalue weighted by atomic mass is 16.5. The highest BCUT2D eigenvalue weighted by Gasteiger charge is 2.15. The summed E-state index contributed by atoms with van der Waals surface area (Å²) >= 11 is 0. The second-order valence-corrected chi connectivity index (χ2v) is 6.77.